The van der Waals surface area contributed by atoms with E-state index >= 15 is 0 Å². The number of hydrogen-bond donors (Lipinski definition) is 1. The number of benzene rings is 2. The highest BCUT2D eigenvalue weighted by molar-refractivity contribution is 6.42. The standard InChI is InChI=1S/C23H14Cl3N3O3/c24-13-9-16(25)22(17(26)10-13)29-21(30)12-32-23(31)15-11-20(19-7-3-4-8-27-19)28-18-6-2-1-5-14(15)18/h1-11H,12H2,(H,29,30). The molecule has 6 nitrogen and oxygen atoms in total. The Balaban J connectivity index is 1.56. The van der Waals surface area contributed by atoms with Gasteiger partial charge < -0.3 is 10.1 Å². The minimum atomic E-state index is -0.677. The van der Waals surface area contributed by atoms with Crippen LogP contribution in [0.5, 0.6) is 0 Å². The number of aromatic nitrogens is 2. The Morgan fingerprint density at radius 1 is 0.906 bits per heavy atom. The second kappa shape index (κ2) is 9.53. The number of ether oxygens (including phenoxy) is 1. The van der Waals surface area contributed by atoms with Gasteiger partial charge in [0, 0.05) is 16.6 Å². The number of carbonyl (C=O) groups excluding carboxylic acids is 2. The lowest BCUT2D eigenvalue weighted by Crippen LogP contribution is -2.21. The molecule has 0 atom stereocenters. The van der Waals surface area contributed by atoms with Gasteiger partial charge in [-0.25, -0.2) is 9.78 Å². The van der Waals surface area contributed by atoms with Crippen molar-refractivity contribution in [3.63, 3.8) is 0 Å². The molecule has 2 aromatic heterocycles. The van der Waals surface area contributed by atoms with E-state index in [2.05, 4.69) is 15.3 Å². The Labute approximate surface area is 198 Å². The summed E-state index contributed by atoms with van der Waals surface area (Å²) in [6, 6.07) is 17.0. The normalized spacial score (nSPS) is 10.7. The van der Waals surface area contributed by atoms with Crippen molar-refractivity contribution >= 4 is 63.3 Å². The number of amides is 1. The van der Waals surface area contributed by atoms with Crippen molar-refractivity contribution in [2.24, 2.45) is 0 Å². The molecule has 0 aliphatic carbocycles. The van der Waals surface area contributed by atoms with Crippen molar-refractivity contribution in [1.29, 1.82) is 0 Å². The summed E-state index contributed by atoms with van der Waals surface area (Å²) < 4.78 is 5.25. The summed E-state index contributed by atoms with van der Waals surface area (Å²) in [4.78, 5) is 34.0. The summed E-state index contributed by atoms with van der Waals surface area (Å²) in [5.74, 6) is -1.28. The van der Waals surface area contributed by atoms with Gasteiger partial charge in [-0.3, -0.25) is 9.78 Å². The highest BCUT2D eigenvalue weighted by atomic mass is 35.5. The largest absolute Gasteiger partial charge is 0.452 e. The number of fused-ring (bicyclic) bond motifs is 1. The molecule has 0 spiro atoms. The Morgan fingerprint density at radius 2 is 1.62 bits per heavy atom. The molecule has 0 radical (unpaired) electrons. The molecule has 4 aromatic rings. The van der Waals surface area contributed by atoms with Gasteiger partial charge >= 0.3 is 5.97 Å². The van der Waals surface area contributed by atoms with Crippen LogP contribution in [0, 0.1) is 0 Å². The fraction of sp³-hybridized carbons (Fsp3) is 0.0435. The van der Waals surface area contributed by atoms with Gasteiger partial charge in [-0.15, -0.1) is 0 Å². The monoisotopic (exact) mass is 485 g/mol. The third-order valence-corrected chi connectivity index (χ3v) is 5.28. The first-order valence-electron chi connectivity index (χ1n) is 9.35. The summed E-state index contributed by atoms with van der Waals surface area (Å²) in [5.41, 5.74) is 2.18. The zero-order valence-electron chi connectivity index (χ0n) is 16.3. The van der Waals surface area contributed by atoms with E-state index in [9.17, 15) is 9.59 Å². The third-order valence-electron chi connectivity index (χ3n) is 4.47. The molecule has 0 bridgehead atoms. The van der Waals surface area contributed by atoms with E-state index in [4.69, 9.17) is 39.5 Å². The molecule has 0 fully saturated rings. The molecule has 0 aliphatic rings. The molecule has 0 saturated heterocycles. The number of anilines is 1. The molecule has 2 heterocycles. The summed E-state index contributed by atoms with van der Waals surface area (Å²) in [6.07, 6.45) is 1.64. The molecule has 160 valence electrons. The summed E-state index contributed by atoms with van der Waals surface area (Å²) in [6.45, 7) is -0.538. The van der Waals surface area contributed by atoms with Gasteiger partial charge in [0.1, 0.15) is 0 Å². The predicted molar refractivity (Wildman–Crippen MR) is 125 cm³/mol. The molecule has 0 aliphatic heterocycles. The number of esters is 1. The lowest BCUT2D eigenvalue weighted by molar-refractivity contribution is -0.119. The fourth-order valence-electron chi connectivity index (χ4n) is 3.04. The van der Waals surface area contributed by atoms with Gasteiger partial charge in [0.2, 0.25) is 0 Å². The van der Waals surface area contributed by atoms with Crippen LogP contribution < -0.4 is 5.32 Å². The van der Waals surface area contributed by atoms with Crippen molar-refractivity contribution in [2.75, 3.05) is 11.9 Å². The number of hydrogen-bond acceptors (Lipinski definition) is 5. The number of nitrogens with one attached hydrogen (secondary N) is 1. The molecule has 4 rings (SSSR count). The first kappa shape index (κ1) is 22.0. The van der Waals surface area contributed by atoms with Gasteiger partial charge in [-0.1, -0.05) is 59.1 Å². The second-order valence-electron chi connectivity index (χ2n) is 6.66. The van der Waals surface area contributed by atoms with Crippen molar-refractivity contribution in [3.8, 4) is 11.4 Å². The molecule has 0 saturated carbocycles. The van der Waals surface area contributed by atoms with Gasteiger partial charge in [0.05, 0.1) is 38.2 Å². The first-order valence-corrected chi connectivity index (χ1v) is 10.5. The maximum absolute atomic E-state index is 12.9. The second-order valence-corrected chi connectivity index (χ2v) is 7.91. The summed E-state index contributed by atoms with van der Waals surface area (Å²) in [5, 5.41) is 3.79. The Morgan fingerprint density at radius 3 is 2.34 bits per heavy atom. The zero-order valence-corrected chi connectivity index (χ0v) is 18.6. The number of nitrogens with zero attached hydrogens (tertiary/aromatic N) is 2. The van der Waals surface area contributed by atoms with Crippen molar-refractivity contribution in [2.45, 2.75) is 0 Å². The number of pyridine rings is 2. The zero-order chi connectivity index (χ0) is 22.7. The van der Waals surface area contributed by atoms with E-state index in [-0.39, 0.29) is 21.3 Å². The predicted octanol–water partition coefficient (Wildman–Crippen LogP) is 6.05. The van der Waals surface area contributed by atoms with Crippen molar-refractivity contribution in [1.82, 2.24) is 9.97 Å². The van der Waals surface area contributed by atoms with Crippen LogP contribution in [-0.2, 0) is 9.53 Å². The maximum atomic E-state index is 12.9. The van der Waals surface area contributed by atoms with Crippen LogP contribution in [-0.4, -0.2) is 28.5 Å². The van der Waals surface area contributed by atoms with E-state index < -0.39 is 18.5 Å². The molecule has 1 amide bonds. The number of para-hydroxylation sites is 1. The van der Waals surface area contributed by atoms with Gasteiger partial charge in [0.15, 0.2) is 6.61 Å². The van der Waals surface area contributed by atoms with E-state index in [1.165, 1.54) is 12.1 Å². The van der Waals surface area contributed by atoms with Crippen LogP contribution in [0.15, 0.2) is 66.9 Å². The Bertz CT molecular complexity index is 1310. The Kier molecular flexibility index (Phi) is 6.55. The average Bonchev–Trinajstić information content (AvgIpc) is 2.79. The number of carbonyl (C=O) groups is 2. The SMILES string of the molecule is O=C(COC(=O)c1cc(-c2ccccn2)nc2ccccc12)Nc1c(Cl)cc(Cl)cc1Cl. The fourth-order valence-corrected chi connectivity index (χ4v) is 3.95. The van der Waals surface area contributed by atoms with E-state index in [1.807, 2.05) is 12.1 Å². The van der Waals surface area contributed by atoms with Gasteiger partial charge in [-0.2, -0.15) is 0 Å². The smallest absolute Gasteiger partial charge is 0.339 e. The highest BCUT2D eigenvalue weighted by Crippen LogP contribution is 2.33. The van der Waals surface area contributed by atoms with E-state index in [0.29, 0.717) is 27.3 Å². The molecule has 0 unspecified atom stereocenters. The van der Waals surface area contributed by atoms with Crippen molar-refractivity contribution < 1.29 is 14.3 Å². The van der Waals surface area contributed by atoms with Crippen LogP contribution in [0.4, 0.5) is 5.69 Å². The van der Waals surface area contributed by atoms with Gasteiger partial charge in [-0.05, 0) is 36.4 Å². The molecule has 2 aromatic carbocycles. The molecular weight excluding hydrogens is 473 g/mol. The van der Waals surface area contributed by atoms with Crippen LogP contribution in [0.2, 0.25) is 15.1 Å². The van der Waals surface area contributed by atoms with Crippen LogP contribution in [0.1, 0.15) is 10.4 Å². The minimum Gasteiger partial charge on any atom is -0.452 e. The lowest BCUT2D eigenvalue weighted by atomic mass is 10.1. The Hall–Kier alpha value is -3.19. The molecular formula is C23H14Cl3N3O3. The molecule has 1 N–H and O–H groups in total. The highest BCUT2D eigenvalue weighted by Gasteiger charge is 2.18. The van der Waals surface area contributed by atoms with Crippen LogP contribution >= 0.6 is 34.8 Å². The van der Waals surface area contributed by atoms with Crippen molar-refractivity contribution in [3.05, 3.63) is 87.5 Å². The number of rotatable bonds is 5. The summed E-state index contributed by atoms with van der Waals surface area (Å²) in [7, 11) is 0. The average molecular weight is 487 g/mol. The molecule has 9 heteroatoms. The first-order chi connectivity index (χ1) is 15.4. The quantitative estimate of drug-likeness (QED) is 0.347. The van der Waals surface area contributed by atoms with Crippen LogP contribution in [0.3, 0.4) is 0 Å². The van der Waals surface area contributed by atoms with Gasteiger partial charge in [0.25, 0.3) is 5.91 Å². The topological polar surface area (TPSA) is 81.2 Å². The van der Waals surface area contributed by atoms with Crippen LogP contribution in [0.25, 0.3) is 22.3 Å². The minimum absolute atomic E-state index is 0.169. The third kappa shape index (κ3) is 4.83. The summed E-state index contributed by atoms with van der Waals surface area (Å²) >= 11 is 18.0. The lowest BCUT2D eigenvalue weighted by Gasteiger charge is -2.11. The maximum Gasteiger partial charge on any atom is 0.339 e. The van der Waals surface area contributed by atoms with E-state index in [1.54, 1.807) is 42.6 Å². The molecule has 32 heavy (non-hydrogen) atoms. The number of halogens is 3. The van der Waals surface area contributed by atoms with E-state index in [0.717, 1.165) is 0 Å².